The third kappa shape index (κ3) is 4.45. The summed E-state index contributed by atoms with van der Waals surface area (Å²) in [7, 11) is 0. The van der Waals surface area contributed by atoms with E-state index in [1.165, 1.54) is 15.4 Å². The summed E-state index contributed by atoms with van der Waals surface area (Å²) in [5.41, 5.74) is 3.45. The zero-order valence-corrected chi connectivity index (χ0v) is 19.3. The average Bonchev–Trinajstić information content (AvgIpc) is 3.03. The van der Waals surface area contributed by atoms with Gasteiger partial charge in [0, 0.05) is 12.7 Å². The molecule has 164 valence electrons. The molecular weight excluding hydrogens is 444 g/mol. The molecule has 2 aromatic heterocycles. The normalized spacial score (nSPS) is 15.2. The van der Waals surface area contributed by atoms with Crippen LogP contribution in [0.15, 0.2) is 52.3 Å². The summed E-state index contributed by atoms with van der Waals surface area (Å²) in [6.07, 6.45) is 3.25. The maximum Gasteiger partial charge on any atom is 0.267 e. The van der Waals surface area contributed by atoms with Crippen molar-refractivity contribution in [2.24, 2.45) is 0 Å². The van der Waals surface area contributed by atoms with Crippen LogP contribution >= 0.6 is 24.0 Å². The van der Waals surface area contributed by atoms with E-state index in [0.29, 0.717) is 27.2 Å². The number of nitrogens with one attached hydrogen (secondary N) is 1. The molecule has 9 heteroatoms. The first-order valence-electron chi connectivity index (χ1n) is 10.1. The Morgan fingerprint density at radius 1 is 1.12 bits per heavy atom. The van der Waals surface area contributed by atoms with Gasteiger partial charge < -0.3 is 10.4 Å². The standard InChI is InChI=1S/C23H22N4O3S2/c1-14-3-6-16(7-4-14)13-27-22(30)18(32-23(27)31)11-17-20(24-9-10-28)25-19-8-5-15(2)12-26(19)21(17)29/h3-8,11-12,24,28H,9-10,13H2,1-2H3/b18-11+. The monoisotopic (exact) mass is 466 g/mol. The van der Waals surface area contributed by atoms with E-state index in [1.807, 2.05) is 44.2 Å². The van der Waals surface area contributed by atoms with Gasteiger partial charge in [0.25, 0.3) is 11.5 Å². The van der Waals surface area contributed by atoms with Crippen molar-refractivity contribution in [1.29, 1.82) is 0 Å². The molecule has 1 amide bonds. The van der Waals surface area contributed by atoms with E-state index in [-0.39, 0.29) is 30.2 Å². The molecule has 3 heterocycles. The van der Waals surface area contributed by atoms with E-state index in [0.717, 1.165) is 28.5 Å². The van der Waals surface area contributed by atoms with Crippen molar-refractivity contribution in [3.63, 3.8) is 0 Å². The van der Waals surface area contributed by atoms with Crippen molar-refractivity contribution in [1.82, 2.24) is 14.3 Å². The Labute approximate surface area is 194 Å². The van der Waals surface area contributed by atoms with Gasteiger partial charge in [-0.2, -0.15) is 0 Å². The first-order chi connectivity index (χ1) is 15.4. The van der Waals surface area contributed by atoms with Crippen molar-refractivity contribution in [2.75, 3.05) is 18.5 Å². The second-order valence-electron chi connectivity index (χ2n) is 7.52. The van der Waals surface area contributed by atoms with Gasteiger partial charge in [-0.15, -0.1) is 0 Å². The SMILES string of the molecule is Cc1ccc(CN2C(=O)/C(=C\c3c(NCCO)nc4ccc(C)cn4c3=O)SC2=S)cc1. The molecule has 0 saturated carbocycles. The Hall–Kier alpha value is -3.01. The molecule has 7 nitrogen and oxygen atoms in total. The number of pyridine rings is 1. The largest absolute Gasteiger partial charge is 0.395 e. The Morgan fingerprint density at radius 3 is 2.56 bits per heavy atom. The fourth-order valence-electron chi connectivity index (χ4n) is 3.34. The smallest absolute Gasteiger partial charge is 0.267 e. The molecule has 4 rings (SSSR count). The van der Waals surface area contributed by atoms with Gasteiger partial charge in [-0.3, -0.25) is 18.9 Å². The molecule has 0 atom stereocenters. The minimum absolute atomic E-state index is 0.118. The van der Waals surface area contributed by atoms with Crippen LogP contribution in [0.1, 0.15) is 22.3 Å². The summed E-state index contributed by atoms with van der Waals surface area (Å²) in [5, 5.41) is 12.2. The third-order valence-electron chi connectivity index (χ3n) is 5.02. The zero-order valence-electron chi connectivity index (χ0n) is 17.7. The van der Waals surface area contributed by atoms with Crippen molar-refractivity contribution in [3.8, 4) is 0 Å². The van der Waals surface area contributed by atoms with Gasteiger partial charge in [0.2, 0.25) is 0 Å². The van der Waals surface area contributed by atoms with Crippen LogP contribution in [0.25, 0.3) is 11.7 Å². The van der Waals surface area contributed by atoms with Crippen molar-refractivity contribution >= 4 is 51.7 Å². The minimum Gasteiger partial charge on any atom is -0.395 e. The number of benzene rings is 1. The number of carbonyl (C=O) groups excluding carboxylic acids is 1. The van der Waals surface area contributed by atoms with E-state index < -0.39 is 0 Å². The van der Waals surface area contributed by atoms with Gasteiger partial charge in [-0.1, -0.05) is 59.9 Å². The molecule has 1 aromatic carbocycles. The van der Waals surface area contributed by atoms with E-state index >= 15 is 0 Å². The molecule has 0 aliphatic carbocycles. The highest BCUT2D eigenvalue weighted by Gasteiger charge is 2.32. The van der Waals surface area contributed by atoms with Crippen LogP contribution in [0, 0.1) is 13.8 Å². The number of fused-ring (bicyclic) bond motifs is 1. The molecule has 1 saturated heterocycles. The maximum atomic E-state index is 13.3. The molecule has 1 aliphatic heterocycles. The van der Waals surface area contributed by atoms with Crippen LogP contribution in [0.4, 0.5) is 5.82 Å². The fourth-order valence-corrected chi connectivity index (χ4v) is 4.58. The van der Waals surface area contributed by atoms with Gasteiger partial charge in [0.05, 0.1) is 23.6 Å². The lowest BCUT2D eigenvalue weighted by molar-refractivity contribution is -0.122. The van der Waals surface area contributed by atoms with Gasteiger partial charge in [-0.05, 0) is 37.1 Å². The summed E-state index contributed by atoms with van der Waals surface area (Å²) in [5.74, 6) is 0.0686. The van der Waals surface area contributed by atoms with Gasteiger partial charge in [0.15, 0.2) is 0 Å². The summed E-state index contributed by atoms with van der Waals surface area (Å²) in [6, 6.07) is 11.5. The first-order valence-corrected chi connectivity index (χ1v) is 11.3. The van der Waals surface area contributed by atoms with Crippen LogP contribution in [-0.4, -0.2) is 42.8 Å². The minimum atomic E-state index is -0.303. The number of hydrogen-bond donors (Lipinski definition) is 2. The lowest BCUT2D eigenvalue weighted by atomic mass is 10.1. The van der Waals surface area contributed by atoms with Gasteiger partial charge in [0.1, 0.15) is 15.8 Å². The van der Waals surface area contributed by atoms with Crippen LogP contribution in [0.3, 0.4) is 0 Å². The van der Waals surface area contributed by atoms with Gasteiger partial charge >= 0.3 is 0 Å². The number of amides is 1. The number of anilines is 1. The topological polar surface area (TPSA) is 86.9 Å². The Morgan fingerprint density at radius 2 is 1.84 bits per heavy atom. The van der Waals surface area contributed by atoms with Crippen LogP contribution in [0.2, 0.25) is 0 Å². The number of carbonyl (C=O) groups is 1. The van der Waals surface area contributed by atoms with Crippen molar-refractivity contribution in [2.45, 2.75) is 20.4 Å². The fraction of sp³-hybridized carbons (Fsp3) is 0.217. The Kier molecular flexibility index (Phi) is 6.40. The molecule has 0 unspecified atom stereocenters. The molecule has 1 fully saturated rings. The highest BCUT2D eigenvalue weighted by molar-refractivity contribution is 8.26. The van der Waals surface area contributed by atoms with Gasteiger partial charge in [-0.25, -0.2) is 4.98 Å². The number of rotatable bonds is 6. The summed E-state index contributed by atoms with van der Waals surface area (Å²) < 4.78 is 1.90. The van der Waals surface area contributed by atoms with Crippen LogP contribution in [0.5, 0.6) is 0 Å². The van der Waals surface area contributed by atoms with E-state index in [1.54, 1.807) is 12.3 Å². The first kappa shape index (κ1) is 22.2. The lowest BCUT2D eigenvalue weighted by Gasteiger charge is -2.14. The van der Waals surface area contributed by atoms with E-state index in [4.69, 9.17) is 12.2 Å². The molecule has 32 heavy (non-hydrogen) atoms. The van der Waals surface area contributed by atoms with Crippen molar-refractivity contribution < 1.29 is 9.90 Å². The Balaban J connectivity index is 1.73. The summed E-state index contributed by atoms with van der Waals surface area (Å²) >= 11 is 6.61. The summed E-state index contributed by atoms with van der Waals surface area (Å²) in [4.78, 5) is 32.8. The number of thioether (sulfide) groups is 1. The number of nitrogens with zero attached hydrogens (tertiary/aromatic N) is 3. The zero-order chi connectivity index (χ0) is 22.8. The molecule has 0 spiro atoms. The molecule has 2 N–H and O–H groups in total. The van der Waals surface area contributed by atoms with E-state index in [9.17, 15) is 14.7 Å². The molecule has 1 aliphatic rings. The maximum absolute atomic E-state index is 13.3. The highest BCUT2D eigenvalue weighted by atomic mass is 32.2. The number of aliphatic hydroxyl groups is 1. The number of aromatic nitrogens is 2. The lowest BCUT2D eigenvalue weighted by Crippen LogP contribution is -2.27. The number of thiocarbonyl (C=S) groups is 1. The molecule has 3 aromatic rings. The van der Waals surface area contributed by atoms with Crippen molar-refractivity contribution in [3.05, 3.63) is 80.1 Å². The molecule has 0 radical (unpaired) electrons. The number of aliphatic hydroxyl groups excluding tert-OH is 1. The number of aryl methyl sites for hydroxylation is 2. The average molecular weight is 467 g/mol. The van der Waals surface area contributed by atoms with Crippen LogP contribution in [-0.2, 0) is 11.3 Å². The predicted molar refractivity (Wildman–Crippen MR) is 132 cm³/mol. The quantitative estimate of drug-likeness (QED) is 0.426. The Bertz CT molecular complexity index is 1300. The van der Waals surface area contributed by atoms with E-state index in [2.05, 4.69) is 10.3 Å². The molecular formula is C23H22N4O3S2. The second kappa shape index (κ2) is 9.23. The second-order valence-corrected chi connectivity index (χ2v) is 9.19. The predicted octanol–water partition coefficient (Wildman–Crippen LogP) is 3.12. The molecule has 0 bridgehead atoms. The highest BCUT2D eigenvalue weighted by Crippen LogP contribution is 2.34. The van der Waals surface area contributed by atoms with Crippen LogP contribution < -0.4 is 10.9 Å². The third-order valence-corrected chi connectivity index (χ3v) is 6.40. The number of hydrogen-bond acceptors (Lipinski definition) is 7. The summed E-state index contributed by atoms with van der Waals surface area (Å²) in [6.45, 7) is 4.37.